The van der Waals surface area contributed by atoms with Crippen LogP contribution in [-0.4, -0.2) is 20.9 Å². The third-order valence-corrected chi connectivity index (χ3v) is 6.45. The molecule has 0 aliphatic heterocycles. The van der Waals surface area contributed by atoms with Gasteiger partial charge in [0, 0.05) is 36.4 Å². The van der Waals surface area contributed by atoms with Crippen LogP contribution in [0.4, 0.5) is 0 Å². The third-order valence-electron chi connectivity index (χ3n) is 6.45. The molecule has 0 atom stereocenters. The molecule has 0 saturated carbocycles. The number of aromatic nitrogens is 2. The van der Waals surface area contributed by atoms with E-state index in [-0.39, 0.29) is 11.8 Å². The number of benzene rings is 3. The second kappa shape index (κ2) is 10.0. The lowest BCUT2D eigenvalue weighted by atomic mass is 10.0. The van der Waals surface area contributed by atoms with Gasteiger partial charge in [-0.15, -0.1) is 0 Å². The first-order chi connectivity index (χ1) is 17.6. The van der Waals surface area contributed by atoms with Gasteiger partial charge < -0.3 is 0 Å². The van der Waals surface area contributed by atoms with Crippen molar-refractivity contribution >= 4 is 11.8 Å². The fourth-order valence-electron chi connectivity index (χ4n) is 4.54. The maximum absolute atomic E-state index is 12.7. The zero-order valence-electron chi connectivity index (χ0n) is 20.5. The van der Waals surface area contributed by atoms with Crippen LogP contribution in [0.5, 0.6) is 0 Å². The highest BCUT2D eigenvalue weighted by Gasteiger charge is 2.16. The van der Waals surface area contributed by atoms with Crippen molar-refractivity contribution in [1.82, 2.24) is 9.13 Å². The van der Waals surface area contributed by atoms with E-state index in [9.17, 15) is 9.59 Å². The van der Waals surface area contributed by atoms with Gasteiger partial charge in [0.05, 0.1) is 11.4 Å². The smallest absolute Gasteiger partial charge is 0.230 e. The number of nitrogens with zero attached hydrogens (tertiary/aromatic N) is 2. The zero-order chi connectivity index (χ0) is 25.1. The monoisotopic (exact) mass is 472 g/mol. The SMILES string of the molecule is CCC(=O)n1cc(-c2cccc(-c3cc(-c4ccccc4)n(C(=O)CC)c3)c2)cc1-c1ccccc1. The zero-order valence-corrected chi connectivity index (χ0v) is 20.5. The fourth-order valence-corrected chi connectivity index (χ4v) is 4.54. The van der Waals surface area contributed by atoms with Crippen molar-refractivity contribution in [2.24, 2.45) is 0 Å². The molecule has 4 heteroatoms. The maximum Gasteiger partial charge on any atom is 0.230 e. The Hall–Kier alpha value is -4.44. The highest BCUT2D eigenvalue weighted by atomic mass is 16.2. The molecule has 0 saturated heterocycles. The van der Waals surface area contributed by atoms with E-state index in [0.29, 0.717) is 12.8 Å². The van der Waals surface area contributed by atoms with E-state index in [0.717, 1.165) is 44.8 Å². The molecule has 36 heavy (non-hydrogen) atoms. The van der Waals surface area contributed by atoms with Gasteiger partial charge in [0.2, 0.25) is 11.8 Å². The molecule has 3 aromatic carbocycles. The Morgan fingerprint density at radius 2 is 0.889 bits per heavy atom. The molecular formula is C32H28N2O2. The molecular weight excluding hydrogens is 444 g/mol. The van der Waals surface area contributed by atoms with E-state index in [2.05, 4.69) is 30.3 Å². The summed E-state index contributed by atoms with van der Waals surface area (Å²) in [4.78, 5) is 25.5. The Labute approximate surface area is 211 Å². The van der Waals surface area contributed by atoms with Crippen molar-refractivity contribution in [1.29, 1.82) is 0 Å². The molecule has 2 aromatic heterocycles. The van der Waals surface area contributed by atoms with Gasteiger partial charge in [-0.2, -0.15) is 0 Å². The van der Waals surface area contributed by atoms with Crippen molar-refractivity contribution in [3.63, 3.8) is 0 Å². The van der Waals surface area contributed by atoms with Gasteiger partial charge in [0.25, 0.3) is 0 Å². The standard InChI is InChI=1S/C32H28N2O2/c1-3-31(35)33-21-27(19-29(33)23-12-7-5-8-13-23)25-16-11-17-26(18-25)28-20-30(24-14-9-6-10-15-24)34(22-28)32(36)4-2/h5-22H,3-4H2,1-2H3. The van der Waals surface area contributed by atoms with Crippen LogP contribution in [0.1, 0.15) is 36.3 Å². The molecule has 0 spiro atoms. The molecule has 0 radical (unpaired) electrons. The van der Waals surface area contributed by atoms with Crippen LogP contribution >= 0.6 is 0 Å². The average molecular weight is 473 g/mol. The Kier molecular flexibility index (Phi) is 6.50. The van der Waals surface area contributed by atoms with Crippen LogP contribution in [0.25, 0.3) is 44.8 Å². The first-order valence-corrected chi connectivity index (χ1v) is 12.3. The second-order valence-electron chi connectivity index (χ2n) is 8.78. The fraction of sp³-hybridized carbons (Fsp3) is 0.125. The van der Waals surface area contributed by atoms with Gasteiger partial charge in [-0.1, -0.05) is 92.7 Å². The molecule has 4 nitrogen and oxygen atoms in total. The minimum atomic E-state index is 0.0546. The molecule has 0 unspecified atom stereocenters. The summed E-state index contributed by atoms with van der Waals surface area (Å²) in [6, 6.07) is 32.4. The summed E-state index contributed by atoms with van der Waals surface area (Å²) in [6.45, 7) is 3.76. The summed E-state index contributed by atoms with van der Waals surface area (Å²) in [6.07, 6.45) is 4.70. The van der Waals surface area contributed by atoms with Crippen LogP contribution in [-0.2, 0) is 0 Å². The molecule has 0 aliphatic rings. The van der Waals surface area contributed by atoms with Gasteiger partial charge >= 0.3 is 0 Å². The molecule has 178 valence electrons. The molecule has 0 N–H and O–H groups in total. The van der Waals surface area contributed by atoms with Gasteiger partial charge in [-0.05, 0) is 40.5 Å². The molecule has 5 rings (SSSR count). The summed E-state index contributed by atoms with van der Waals surface area (Å²) < 4.78 is 3.50. The summed E-state index contributed by atoms with van der Waals surface area (Å²) in [7, 11) is 0. The van der Waals surface area contributed by atoms with Crippen molar-refractivity contribution in [3.8, 4) is 44.8 Å². The second-order valence-corrected chi connectivity index (χ2v) is 8.78. The Morgan fingerprint density at radius 3 is 1.28 bits per heavy atom. The molecule has 2 heterocycles. The van der Waals surface area contributed by atoms with E-state index in [1.807, 2.05) is 93.0 Å². The molecule has 0 amide bonds. The number of carbonyl (C=O) groups is 2. The van der Waals surface area contributed by atoms with Gasteiger partial charge in [0.1, 0.15) is 0 Å². The van der Waals surface area contributed by atoms with Crippen LogP contribution in [0.15, 0.2) is 109 Å². The summed E-state index contributed by atoms with van der Waals surface area (Å²) in [5, 5.41) is 0. The average Bonchev–Trinajstić information content (AvgIpc) is 3.59. The minimum absolute atomic E-state index is 0.0546. The molecule has 0 fully saturated rings. The van der Waals surface area contributed by atoms with Crippen LogP contribution in [0, 0.1) is 0 Å². The van der Waals surface area contributed by atoms with Crippen molar-refractivity contribution in [3.05, 3.63) is 109 Å². The summed E-state index contributed by atoms with van der Waals surface area (Å²) >= 11 is 0. The lowest BCUT2D eigenvalue weighted by Gasteiger charge is -2.06. The Bertz CT molecular complexity index is 1410. The summed E-state index contributed by atoms with van der Waals surface area (Å²) in [5.74, 6) is 0.109. The minimum Gasteiger partial charge on any atom is -0.287 e. The predicted octanol–water partition coefficient (Wildman–Crippen LogP) is 8.06. The lowest BCUT2D eigenvalue weighted by molar-refractivity contribution is 0.0903. The first kappa shape index (κ1) is 23.3. The van der Waals surface area contributed by atoms with Crippen LogP contribution in [0.3, 0.4) is 0 Å². The topological polar surface area (TPSA) is 44.0 Å². The lowest BCUT2D eigenvalue weighted by Crippen LogP contribution is -2.08. The van der Waals surface area contributed by atoms with Gasteiger partial charge in [-0.25, -0.2) is 0 Å². The predicted molar refractivity (Wildman–Crippen MR) is 146 cm³/mol. The Morgan fingerprint density at radius 1 is 0.500 bits per heavy atom. The normalized spacial score (nSPS) is 10.9. The Balaban J connectivity index is 1.59. The third kappa shape index (κ3) is 4.46. The highest BCUT2D eigenvalue weighted by molar-refractivity contribution is 5.89. The van der Waals surface area contributed by atoms with Crippen LogP contribution < -0.4 is 0 Å². The van der Waals surface area contributed by atoms with E-state index < -0.39 is 0 Å². The van der Waals surface area contributed by atoms with E-state index >= 15 is 0 Å². The van der Waals surface area contributed by atoms with Crippen molar-refractivity contribution in [2.45, 2.75) is 26.7 Å². The highest BCUT2D eigenvalue weighted by Crippen LogP contribution is 2.34. The van der Waals surface area contributed by atoms with E-state index in [1.54, 1.807) is 9.13 Å². The number of hydrogen-bond donors (Lipinski definition) is 0. The maximum atomic E-state index is 12.7. The van der Waals surface area contributed by atoms with Crippen molar-refractivity contribution < 1.29 is 9.59 Å². The van der Waals surface area contributed by atoms with E-state index in [1.165, 1.54) is 0 Å². The largest absolute Gasteiger partial charge is 0.287 e. The molecule has 5 aromatic rings. The van der Waals surface area contributed by atoms with Crippen molar-refractivity contribution in [2.75, 3.05) is 0 Å². The van der Waals surface area contributed by atoms with E-state index in [4.69, 9.17) is 0 Å². The molecule has 0 bridgehead atoms. The first-order valence-electron chi connectivity index (χ1n) is 12.3. The number of hydrogen-bond acceptors (Lipinski definition) is 2. The van der Waals surface area contributed by atoms with Gasteiger partial charge in [-0.3, -0.25) is 18.7 Å². The molecule has 0 aliphatic carbocycles. The van der Waals surface area contributed by atoms with Gasteiger partial charge in [0.15, 0.2) is 0 Å². The van der Waals surface area contributed by atoms with Crippen LogP contribution in [0.2, 0.25) is 0 Å². The summed E-state index contributed by atoms with van der Waals surface area (Å²) in [5.41, 5.74) is 7.76. The number of rotatable bonds is 6. The number of carbonyl (C=O) groups excluding carboxylic acids is 2. The quantitative estimate of drug-likeness (QED) is 0.251.